The first-order valence-electron chi connectivity index (χ1n) is 15.7. The van der Waals surface area contributed by atoms with Crippen molar-refractivity contribution in [3.63, 3.8) is 0 Å². The summed E-state index contributed by atoms with van der Waals surface area (Å²) in [6.45, 7) is 1.90. The van der Waals surface area contributed by atoms with Gasteiger partial charge in [-0.15, -0.1) is 0 Å². The maximum Gasteiger partial charge on any atom is 0.416 e. The van der Waals surface area contributed by atoms with Crippen LogP contribution in [-0.4, -0.2) is 50.0 Å². The summed E-state index contributed by atoms with van der Waals surface area (Å²) in [6.07, 6.45) is 1.44. The molecule has 2 amide bonds. The summed E-state index contributed by atoms with van der Waals surface area (Å²) in [5, 5.41) is 3.19. The molecule has 1 atom stereocenters. The molecule has 46 heavy (non-hydrogen) atoms. The number of benzene rings is 3. The van der Waals surface area contributed by atoms with Gasteiger partial charge in [-0.1, -0.05) is 85.5 Å². The van der Waals surface area contributed by atoms with E-state index in [1.807, 2.05) is 61.5 Å². The summed E-state index contributed by atoms with van der Waals surface area (Å²) in [4.78, 5) is 29.6. The maximum absolute atomic E-state index is 14.0. The summed E-state index contributed by atoms with van der Waals surface area (Å²) in [7, 11) is -3.96. The van der Waals surface area contributed by atoms with E-state index >= 15 is 0 Å². The number of halogens is 3. The van der Waals surface area contributed by atoms with E-state index in [0.29, 0.717) is 0 Å². The van der Waals surface area contributed by atoms with E-state index in [-0.39, 0.29) is 55.9 Å². The second-order valence-corrected chi connectivity index (χ2v) is 14.0. The van der Waals surface area contributed by atoms with Gasteiger partial charge in [0.1, 0.15) is 6.04 Å². The summed E-state index contributed by atoms with van der Waals surface area (Å²) >= 11 is 0. The fraction of sp³-hybridized carbons (Fsp3) is 0.429. The Balaban J connectivity index is 1.60. The predicted molar refractivity (Wildman–Crippen MR) is 174 cm³/mol. The Hall–Kier alpha value is -3.86. The highest BCUT2D eigenvalue weighted by Crippen LogP contribution is 2.32. The molecule has 11 heteroatoms. The van der Waals surface area contributed by atoms with Crippen molar-refractivity contribution in [1.82, 2.24) is 10.2 Å². The third-order valence-electron chi connectivity index (χ3n) is 8.27. The van der Waals surface area contributed by atoms with Gasteiger partial charge in [-0.05, 0) is 55.5 Å². The Bertz CT molecular complexity index is 1580. The van der Waals surface area contributed by atoms with Gasteiger partial charge >= 0.3 is 6.18 Å². The molecular formula is C35H42F3N3O4S. The molecule has 0 radical (unpaired) electrons. The smallest absolute Gasteiger partial charge is 0.352 e. The van der Waals surface area contributed by atoms with Crippen LogP contribution in [0.2, 0.25) is 0 Å². The number of nitrogens with one attached hydrogen (secondary N) is 1. The number of hydrogen-bond donors (Lipinski definition) is 1. The molecule has 1 N–H and O–H groups in total. The second-order valence-electron chi connectivity index (χ2n) is 12.0. The molecule has 0 aromatic heterocycles. The lowest BCUT2D eigenvalue weighted by atomic mass is 9.94. The van der Waals surface area contributed by atoms with Crippen LogP contribution in [0.15, 0.2) is 78.9 Å². The normalized spacial score (nSPS) is 14.8. The van der Waals surface area contributed by atoms with Crippen LogP contribution >= 0.6 is 0 Å². The van der Waals surface area contributed by atoms with Crippen molar-refractivity contribution in [2.45, 2.75) is 83.1 Å². The Morgan fingerprint density at radius 2 is 1.59 bits per heavy atom. The second kappa shape index (κ2) is 15.6. The van der Waals surface area contributed by atoms with Crippen LogP contribution in [-0.2, 0) is 38.8 Å². The highest BCUT2D eigenvalue weighted by atomic mass is 32.2. The van der Waals surface area contributed by atoms with Gasteiger partial charge in [0.25, 0.3) is 0 Å². The van der Waals surface area contributed by atoms with Crippen molar-refractivity contribution >= 4 is 27.5 Å². The van der Waals surface area contributed by atoms with E-state index in [1.54, 1.807) is 4.90 Å². The molecule has 3 aromatic rings. The van der Waals surface area contributed by atoms with Crippen molar-refractivity contribution in [1.29, 1.82) is 0 Å². The van der Waals surface area contributed by atoms with Crippen LogP contribution in [0.25, 0.3) is 0 Å². The molecule has 1 fully saturated rings. The zero-order valence-corrected chi connectivity index (χ0v) is 27.1. The molecular weight excluding hydrogens is 615 g/mol. The molecule has 4 rings (SSSR count). The Morgan fingerprint density at radius 3 is 2.24 bits per heavy atom. The zero-order valence-electron chi connectivity index (χ0n) is 26.3. The monoisotopic (exact) mass is 657 g/mol. The first-order chi connectivity index (χ1) is 21.8. The third kappa shape index (κ3) is 10.1. The average molecular weight is 658 g/mol. The SMILES string of the molecule is Cc1cccc(CN(C(=O)CCCN(c2cccc(C(F)(F)F)c2)S(C)(=O)=O)[C@@H](Cc2ccccc2)C(=O)NC2CCCCC2)c1. The fourth-order valence-electron chi connectivity index (χ4n) is 5.95. The molecule has 0 saturated heterocycles. The van der Waals surface area contributed by atoms with Gasteiger partial charge < -0.3 is 10.2 Å². The maximum atomic E-state index is 14.0. The number of rotatable bonds is 13. The van der Waals surface area contributed by atoms with Gasteiger partial charge in [-0.2, -0.15) is 13.2 Å². The highest BCUT2D eigenvalue weighted by Gasteiger charge is 2.33. The molecule has 7 nitrogen and oxygen atoms in total. The van der Waals surface area contributed by atoms with Crippen molar-refractivity contribution in [3.05, 3.63) is 101 Å². The lowest BCUT2D eigenvalue weighted by Crippen LogP contribution is -2.53. The van der Waals surface area contributed by atoms with Gasteiger partial charge in [0.15, 0.2) is 0 Å². The number of carbonyl (C=O) groups excluding carboxylic acids is 2. The molecule has 0 bridgehead atoms. The van der Waals surface area contributed by atoms with E-state index in [2.05, 4.69) is 5.32 Å². The van der Waals surface area contributed by atoms with Crippen molar-refractivity contribution in [2.24, 2.45) is 0 Å². The van der Waals surface area contributed by atoms with Crippen LogP contribution in [0.5, 0.6) is 0 Å². The predicted octanol–water partition coefficient (Wildman–Crippen LogP) is 6.65. The number of hydrogen-bond acceptors (Lipinski definition) is 4. The summed E-state index contributed by atoms with van der Waals surface area (Å²) in [5.41, 5.74) is 1.64. The number of carbonyl (C=O) groups is 2. The van der Waals surface area contributed by atoms with Crippen LogP contribution < -0.4 is 9.62 Å². The van der Waals surface area contributed by atoms with E-state index in [4.69, 9.17) is 0 Å². The van der Waals surface area contributed by atoms with Gasteiger partial charge in [0.2, 0.25) is 21.8 Å². The minimum absolute atomic E-state index is 0.0335. The number of nitrogens with zero attached hydrogens (tertiary/aromatic N) is 2. The minimum Gasteiger partial charge on any atom is -0.352 e. The fourth-order valence-corrected chi connectivity index (χ4v) is 6.90. The number of amides is 2. The number of aryl methyl sites for hydroxylation is 1. The molecule has 0 aliphatic heterocycles. The molecule has 1 aliphatic rings. The summed E-state index contributed by atoms with van der Waals surface area (Å²) in [5.74, 6) is -0.586. The third-order valence-corrected chi connectivity index (χ3v) is 9.47. The first-order valence-corrected chi connectivity index (χ1v) is 17.5. The van der Waals surface area contributed by atoms with Crippen LogP contribution in [0.1, 0.15) is 67.2 Å². The van der Waals surface area contributed by atoms with Crippen LogP contribution in [0.3, 0.4) is 0 Å². The molecule has 3 aromatic carbocycles. The average Bonchev–Trinajstić information content (AvgIpc) is 3.01. The zero-order chi connectivity index (χ0) is 33.3. The van der Waals surface area contributed by atoms with Crippen molar-refractivity contribution in [3.8, 4) is 0 Å². The van der Waals surface area contributed by atoms with E-state index in [9.17, 15) is 31.2 Å². The number of sulfonamides is 1. The number of anilines is 1. The van der Waals surface area contributed by atoms with Gasteiger partial charge in [-0.3, -0.25) is 13.9 Å². The lowest BCUT2D eigenvalue weighted by molar-refractivity contribution is -0.141. The van der Waals surface area contributed by atoms with Gasteiger partial charge in [-0.25, -0.2) is 8.42 Å². The highest BCUT2D eigenvalue weighted by molar-refractivity contribution is 7.92. The van der Waals surface area contributed by atoms with E-state index in [1.165, 1.54) is 6.07 Å². The minimum atomic E-state index is -4.64. The Morgan fingerprint density at radius 1 is 0.913 bits per heavy atom. The molecule has 0 heterocycles. The van der Waals surface area contributed by atoms with Gasteiger partial charge in [0, 0.05) is 32.0 Å². The van der Waals surface area contributed by atoms with Crippen LogP contribution in [0.4, 0.5) is 18.9 Å². The molecule has 0 spiro atoms. The molecule has 1 saturated carbocycles. The van der Waals surface area contributed by atoms with Crippen molar-refractivity contribution < 1.29 is 31.2 Å². The largest absolute Gasteiger partial charge is 0.416 e. The molecule has 0 unspecified atom stereocenters. The Labute approximate surface area is 269 Å². The van der Waals surface area contributed by atoms with Crippen molar-refractivity contribution in [2.75, 3.05) is 17.1 Å². The molecule has 1 aliphatic carbocycles. The first kappa shape index (κ1) is 35.0. The van der Waals surface area contributed by atoms with Crippen LogP contribution in [0, 0.1) is 6.92 Å². The quantitative estimate of drug-likeness (QED) is 0.223. The number of alkyl halides is 3. The summed E-state index contributed by atoms with van der Waals surface area (Å²) < 4.78 is 66.3. The summed E-state index contributed by atoms with van der Waals surface area (Å²) in [6, 6.07) is 20.5. The van der Waals surface area contributed by atoms with E-state index < -0.39 is 27.8 Å². The molecule has 248 valence electrons. The lowest BCUT2D eigenvalue weighted by Gasteiger charge is -2.34. The standard InChI is InChI=1S/C35H42F3N3O4S/c1-26-12-9-15-28(22-26)25-40(32(23-27-13-5-3-6-14-27)34(43)39-30-17-7-4-8-18-30)33(42)20-11-21-41(46(2,44)45)31-19-10-16-29(24-31)35(36,37)38/h3,5-6,9-10,12-16,19,22,24,30,32H,4,7-8,11,17-18,20-21,23,25H2,1-2H3,(H,39,43)/t32-/m0/s1. The van der Waals surface area contributed by atoms with E-state index in [0.717, 1.165) is 77.6 Å². The Kier molecular flexibility index (Phi) is 11.9. The topological polar surface area (TPSA) is 86.8 Å². The van der Waals surface area contributed by atoms with Gasteiger partial charge in [0.05, 0.1) is 17.5 Å².